The molecule has 10 atom stereocenters. The maximum Gasteiger partial charge on any atom is 0.297 e. The zero-order valence-corrected chi connectivity index (χ0v) is 14.6. The highest BCUT2D eigenvalue weighted by molar-refractivity contribution is 7.86. The molecule has 0 N–H and O–H groups in total. The zero-order chi connectivity index (χ0) is 17.1. The topological polar surface area (TPSA) is 76.4 Å². The Hall–Kier alpha value is -1.42. The van der Waals surface area contributed by atoms with Gasteiger partial charge in [0, 0.05) is 11.8 Å². The molecule has 0 radical (unpaired) electrons. The van der Waals surface area contributed by atoms with Gasteiger partial charge in [0.25, 0.3) is 10.1 Å². The molecule has 25 heavy (non-hydrogen) atoms. The van der Waals surface area contributed by atoms with Crippen LogP contribution in [0.1, 0.15) is 12.0 Å². The molecule has 0 spiro atoms. The van der Waals surface area contributed by atoms with Gasteiger partial charge in [0.2, 0.25) is 0 Å². The lowest BCUT2D eigenvalue weighted by molar-refractivity contribution is -0.0439. The maximum atomic E-state index is 12.8. The van der Waals surface area contributed by atoms with E-state index in [4.69, 9.17) is 8.92 Å². The summed E-state index contributed by atoms with van der Waals surface area (Å²) in [6, 6.07) is 9.25. The van der Waals surface area contributed by atoms with E-state index >= 15 is 0 Å². The average Bonchev–Trinajstić information content (AvgIpc) is 3.18. The summed E-state index contributed by atoms with van der Waals surface area (Å²) in [6.45, 7) is 1.92. The molecule has 0 aromatic heterocycles. The van der Waals surface area contributed by atoms with Crippen molar-refractivity contribution in [1.29, 1.82) is 5.26 Å². The molecule has 4 aliphatic carbocycles. The van der Waals surface area contributed by atoms with Crippen molar-refractivity contribution in [3.8, 4) is 6.07 Å². The number of nitrogens with zero attached hydrogens (tertiary/aromatic N) is 1. The fourth-order valence-corrected chi connectivity index (χ4v) is 8.21. The summed E-state index contributed by atoms with van der Waals surface area (Å²) in [7, 11) is -3.83. The SMILES string of the molecule is Cc1ccc(S(=O)(=O)O[C@H]2[C@H]3[C@H]4O[C@@H]5C[C@@H]6[C@H]([C@H](C#N)[C@@H]2[C@@H]64)[C@H]35)cc1. The lowest BCUT2D eigenvalue weighted by Crippen LogP contribution is -2.44. The van der Waals surface area contributed by atoms with E-state index in [0.29, 0.717) is 23.7 Å². The molecule has 130 valence electrons. The standard InChI is InChI=1S/C19H19NO4S/c1-8-2-4-9(5-3-8)25(21,22)24-19-15-11(7-20)13-10-6-12-16(13)17(19)18(23-12)14(10)15/h2-5,10-19H,6H2,1H3/t10-,11+,12-,13-,14-,15-,16-,17-,18+,19-/m1/s1. The minimum Gasteiger partial charge on any atom is -0.374 e. The van der Waals surface area contributed by atoms with E-state index < -0.39 is 16.2 Å². The van der Waals surface area contributed by atoms with Gasteiger partial charge >= 0.3 is 0 Å². The van der Waals surface area contributed by atoms with E-state index in [1.165, 1.54) is 0 Å². The summed E-state index contributed by atoms with van der Waals surface area (Å²) in [5.74, 6) is 1.64. The van der Waals surface area contributed by atoms with Crippen molar-refractivity contribution in [3.05, 3.63) is 29.8 Å². The molecule has 1 saturated heterocycles. The van der Waals surface area contributed by atoms with Crippen LogP contribution in [0.15, 0.2) is 29.2 Å². The number of hydrogen-bond acceptors (Lipinski definition) is 5. The molecule has 0 unspecified atom stereocenters. The molecular formula is C19H19NO4S. The van der Waals surface area contributed by atoms with Crippen LogP contribution in [-0.2, 0) is 19.0 Å². The second kappa shape index (κ2) is 4.46. The van der Waals surface area contributed by atoms with Gasteiger partial charge in [0.05, 0.1) is 35.2 Å². The minimum atomic E-state index is -3.83. The zero-order valence-electron chi connectivity index (χ0n) is 13.8. The fraction of sp³-hybridized carbons (Fsp3) is 0.632. The summed E-state index contributed by atoms with van der Waals surface area (Å²) in [6.07, 6.45) is 0.972. The number of nitriles is 1. The van der Waals surface area contributed by atoms with Crippen molar-refractivity contribution in [2.45, 2.75) is 36.6 Å². The van der Waals surface area contributed by atoms with Gasteiger partial charge in [0.1, 0.15) is 0 Å². The van der Waals surface area contributed by atoms with Crippen LogP contribution in [0.3, 0.4) is 0 Å². The summed E-state index contributed by atoms with van der Waals surface area (Å²) >= 11 is 0. The first-order valence-electron chi connectivity index (χ1n) is 9.06. The molecule has 0 amide bonds. The molecular weight excluding hydrogens is 338 g/mol. The molecule has 6 bridgehead atoms. The van der Waals surface area contributed by atoms with E-state index in [1.54, 1.807) is 24.3 Å². The fourth-order valence-electron chi connectivity index (χ4n) is 7.08. The highest BCUT2D eigenvalue weighted by atomic mass is 32.2. The van der Waals surface area contributed by atoms with Gasteiger partial charge < -0.3 is 4.74 Å². The molecule has 6 rings (SSSR count). The Morgan fingerprint density at radius 3 is 2.60 bits per heavy atom. The molecule has 5 aliphatic rings. The first kappa shape index (κ1) is 14.7. The Morgan fingerprint density at radius 1 is 1.12 bits per heavy atom. The summed E-state index contributed by atoms with van der Waals surface area (Å²) < 4.78 is 37.7. The van der Waals surface area contributed by atoms with E-state index in [2.05, 4.69) is 6.07 Å². The summed E-state index contributed by atoms with van der Waals surface area (Å²) in [4.78, 5) is 0.197. The normalized spacial score (nSPS) is 50.7. The molecule has 4 saturated carbocycles. The van der Waals surface area contributed by atoms with E-state index in [1.807, 2.05) is 6.92 Å². The van der Waals surface area contributed by atoms with Crippen LogP contribution in [-0.4, -0.2) is 26.7 Å². The molecule has 1 aromatic rings. The Morgan fingerprint density at radius 2 is 1.88 bits per heavy atom. The van der Waals surface area contributed by atoms with Crippen LogP contribution in [0, 0.1) is 59.7 Å². The van der Waals surface area contributed by atoms with Gasteiger partial charge in [-0.1, -0.05) is 17.7 Å². The predicted octanol–water partition coefficient (Wildman–Crippen LogP) is 2.12. The van der Waals surface area contributed by atoms with Gasteiger partial charge in [-0.2, -0.15) is 13.7 Å². The highest BCUT2D eigenvalue weighted by Crippen LogP contribution is 2.76. The second-order valence-electron chi connectivity index (χ2n) is 8.41. The minimum absolute atomic E-state index is 0.00715. The lowest BCUT2D eigenvalue weighted by Gasteiger charge is -2.38. The molecule has 1 heterocycles. The number of benzene rings is 1. The van der Waals surface area contributed by atoms with E-state index in [-0.39, 0.29) is 34.9 Å². The third-order valence-corrected chi connectivity index (χ3v) is 8.96. The van der Waals surface area contributed by atoms with Crippen LogP contribution in [0.2, 0.25) is 0 Å². The number of aryl methyl sites for hydroxylation is 1. The predicted molar refractivity (Wildman–Crippen MR) is 86.6 cm³/mol. The lowest BCUT2D eigenvalue weighted by atomic mass is 9.67. The van der Waals surface area contributed by atoms with Crippen LogP contribution >= 0.6 is 0 Å². The molecule has 5 nitrogen and oxygen atoms in total. The Labute approximate surface area is 147 Å². The third kappa shape index (κ3) is 1.59. The maximum absolute atomic E-state index is 12.8. The number of hydrogen-bond donors (Lipinski definition) is 0. The smallest absolute Gasteiger partial charge is 0.297 e. The van der Waals surface area contributed by atoms with Gasteiger partial charge in [-0.15, -0.1) is 0 Å². The van der Waals surface area contributed by atoms with Crippen molar-refractivity contribution >= 4 is 10.1 Å². The van der Waals surface area contributed by atoms with Gasteiger partial charge in [-0.05, 0) is 49.1 Å². The third-order valence-electron chi connectivity index (χ3n) is 7.63. The van der Waals surface area contributed by atoms with Gasteiger partial charge in [-0.3, -0.25) is 4.18 Å². The van der Waals surface area contributed by atoms with Gasteiger partial charge in [-0.25, -0.2) is 0 Å². The molecule has 5 fully saturated rings. The van der Waals surface area contributed by atoms with Crippen LogP contribution in [0.5, 0.6) is 0 Å². The van der Waals surface area contributed by atoms with E-state index in [0.717, 1.165) is 12.0 Å². The first-order chi connectivity index (χ1) is 12.0. The quantitative estimate of drug-likeness (QED) is 0.775. The van der Waals surface area contributed by atoms with Crippen LogP contribution in [0.4, 0.5) is 0 Å². The van der Waals surface area contributed by atoms with Crippen molar-refractivity contribution < 1.29 is 17.3 Å². The highest BCUT2D eigenvalue weighted by Gasteiger charge is 2.80. The molecule has 1 aliphatic heterocycles. The molecule has 1 aromatic carbocycles. The van der Waals surface area contributed by atoms with Crippen LogP contribution in [0.25, 0.3) is 0 Å². The van der Waals surface area contributed by atoms with Crippen molar-refractivity contribution in [2.24, 2.45) is 41.4 Å². The largest absolute Gasteiger partial charge is 0.374 e. The monoisotopic (exact) mass is 357 g/mol. The average molecular weight is 357 g/mol. The number of rotatable bonds is 3. The summed E-state index contributed by atoms with van der Waals surface area (Å²) in [5, 5.41) is 9.74. The Kier molecular flexibility index (Phi) is 2.62. The Bertz CT molecular complexity index is 904. The first-order valence-corrected chi connectivity index (χ1v) is 10.5. The Balaban J connectivity index is 1.39. The second-order valence-corrected chi connectivity index (χ2v) is 9.98. The van der Waals surface area contributed by atoms with Crippen molar-refractivity contribution in [2.75, 3.05) is 0 Å². The van der Waals surface area contributed by atoms with Gasteiger partial charge in [0.15, 0.2) is 0 Å². The van der Waals surface area contributed by atoms with Crippen molar-refractivity contribution in [3.63, 3.8) is 0 Å². The summed E-state index contributed by atoms with van der Waals surface area (Å²) in [5.41, 5.74) is 1.01. The van der Waals surface area contributed by atoms with E-state index in [9.17, 15) is 13.7 Å². The van der Waals surface area contributed by atoms with Crippen LogP contribution < -0.4 is 0 Å². The van der Waals surface area contributed by atoms with Crippen molar-refractivity contribution in [1.82, 2.24) is 0 Å². The molecule has 6 heteroatoms. The number of ether oxygens (including phenoxy) is 1.